The van der Waals surface area contributed by atoms with Crippen molar-refractivity contribution in [3.63, 3.8) is 0 Å². The van der Waals surface area contributed by atoms with E-state index in [0.717, 1.165) is 60.7 Å². The van der Waals surface area contributed by atoms with Crippen LogP contribution < -0.4 is 19.8 Å². The van der Waals surface area contributed by atoms with E-state index in [0.29, 0.717) is 25.5 Å². The molecule has 1 heterocycles. The molecule has 0 atom stereocenters. The molecule has 0 aliphatic heterocycles. The maximum Gasteiger partial charge on any atom is 0.297 e. The summed E-state index contributed by atoms with van der Waals surface area (Å²) in [4.78, 5) is 13.3. The minimum atomic E-state index is -0.150. The van der Waals surface area contributed by atoms with Gasteiger partial charge in [0.05, 0.1) is 19.2 Å². The molecule has 0 aliphatic rings. The van der Waals surface area contributed by atoms with Crippen LogP contribution in [0.2, 0.25) is 0 Å². The van der Waals surface area contributed by atoms with Gasteiger partial charge in [0, 0.05) is 18.0 Å². The predicted molar refractivity (Wildman–Crippen MR) is 130 cm³/mol. The Morgan fingerprint density at radius 2 is 1.62 bits per heavy atom. The smallest absolute Gasteiger partial charge is 0.297 e. The van der Waals surface area contributed by atoms with Crippen LogP contribution in [0.15, 0.2) is 53.3 Å². The van der Waals surface area contributed by atoms with E-state index < -0.39 is 0 Å². The number of fused-ring (bicyclic) bond motifs is 1. The molecule has 32 heavy (non-hydrogen) atoms. The Labute approximate surface area is 190 Å². The van der Waals surface area contributed by atoms with Gasteiger partial charge in [-0.3, -0.25) is 4.79 Å². The standard InChI is InChI=1S/C27H35NO4/c1-4-6-8-12-17-28-24-19-22(32-20-21-13-10-9-11-14-21)15-16-23(24)25(31-18-7-5-2)26(30-3)27(28)29/h9-11,13-16,19H,4-8,12,17-18,20H2,1-3H3. The lowest BCUT2D eigenvalue weighted by Gasteiger charge is -2.18. The molecule has 0 fully saturated rings. The lowest BCUT2D eigenvalue weighted by molar-refractivity contribution is 0.288. The molecule has 3 aromatic rings. The maximum atomic E-state index is 13.3. The van der Waals surface area contributed by atoms with E-state index in [4.69, 9.17) is 14.2 Å². The van der Waals surface area contributed by atoms with Gasteiger partial charge in [-0.15, -0.1) is 0 Å². The third kappa shape index (κ3) is 5.84. The van der Waals surface area contributed by atoms with Crippen LogP contribution in [-0.2, 0) is 13.2 Å². The van der Waals surface area contributed by atoms with E-state index in [1.807, 2.05) is 53.1 Å². The number of nitrogens with zero attached hydrogens (tertiary/aromatic N) is 1. The molecule has 2 aromatic carbocycles. The predicted octanol–water partition coefficient (Wildman–Crippen LogP) is 6.35. The summed E-state index contributed by atoms with van der Waals surface area (Å²) in [6, 6.07) is 15.9. The van der Waals surface area contributed by atoms with Crippen molar-refractivity contribution in [2.45, 2.75) is 65.5 Å². The normalized spacial score (nSPS) is 11.0. The molecule has 0 radical (unpaired) electrons. The number of rotatable bonds is 13. The first-order valence-electron chi connectivity index (χ1n) is 11.7. The summed E-state index contributed by atoms with van der Waals surface area (Å²) >= 11 is 0. The molecule has 0 aliphatic carbocycles. The van der Waals surface area contributed by atoms with Gasteiger partial charge in [-0.2, -0.15) is 0 Å². The summed E-state index contributed by atoms with van der Waals surface area (Å²) in [5.74, 6) is 1.54. The Bertz CT molecular complexity index is 1040. The summed E-state index contributed by atoms with van der Waals surface area (Å²) in [7, 11) is 1.54. The van der Waals surface area contributed by atoms with E-state index in [-0.39, 0.29) is 11.3 Å². The zero-order valence-electron chi connectivity index (χ0n) is 19.6. The molecule has 0 unspecified atom stereocenters. The third-order valence-corrected chi connectivity index (χ3v) is 5.58. The third-order valence-electron chi connectivity index (χ3n) is 5.58. The fourth-order valence-electron chi connectivity index (χ4n) is 3.77. The molecule has 0 amide bonds. The van der Waals surface area contributed by atoms with Crippen LogP contribution in [0.1, 0.15) is 57.9 Å². The Balaban J connectivity index is 2.00. The van der Waals surface area contributed by atoms with E-state index >= 15 is 0 Å². The van der Waals surface area contributed by atoms with Crippen LogP contribution in [0.4, 0.5) is 0 Å². The highest BCUT2D eigenvalue weighted by Crippen LogP contribution is 2.35. The lowest BCUT2D eigenvalue weighted by Crippen LogP contribution is -2.23. The zero-order valence-corrected chi connectivity index (χ0v) is 19.6. The average Bonchev–Trinajstić information content (AvgIpc) is 2.82. The summed E-state index contributed by atoms with van der Waals surface area (Å²) < 4.78 is 19.4. The van der Waals surface area contributed by atoms with Crippen molar-refractivity contribution in [2.24, 2.45) is 0 Å². The molecule has 172 valence electrons. The molecule has 0 saturated heterocycles. The minimum absolute atomic E-state index is 0.150. The van der Waals surface area contributed by atoms with Gasteiger partial charge >= 0.3 is 0 Å². The molecule has 0 N–H and O–H groups in total. The molecular formula is C27H35NO4. The first-order valence-corrected chi connectivity index (χ1v) is 11.7. The molecule has 3 rings (SSSR count). The van der Waals surface area contributed by atoms with Crippen molar-refractivity contribution in [1.82, 2.24) is 4.57 Å². The number of unbranched alkanes of at least 4 members (excludes halogenated alkanes) is 4. The monoisotopic (exact) mass is 437 g/mol. The van der Waals surface area contributed by atoms with Crippen molar-refractivity contribution < 1.29 is 14.2 Å². The number of pyridine rings is 1. The molecule has 0 saturated carbocycles. The zero-order chi connectivity index (χ0) is 22.8. The number of methoxy groups -OCH3 is 1. The Hall–Kier alpha value is -2.95. The highest BCUT2D eigenvalue weighted by Gasteiger charge is 2.19. The Kier molecular flexibility index (Phi) is 9.02. The van der Waals surface area contributed by atoms with Crippen LogP contribution >= 0.6 is 0 Å². The van der Waals surface area contributed by atoms with Gasteiger partial charge in [-0.1, -0.05) is 69.9 Å². The van der Waals surface area contributed by atoms with Gasteiger partial charge in [0.1, 0.15) is 12.4 Å². The molecule has 0 bridgehead atoms. The highest BCUT2D eigenvalue weighted by molar-refractivity contribution is 5.89. The van der Waals surface area contributed by atoms with E-state index in [9.17, 15) is 4.79 Å². The fourth-order valence-corrected chi connectivity index (χ4v) is 3.77. The maximum absolute atomic E-state index is 13.3. The number of benzene rings is 2. The first kappa shape index (κ1) is 23.7. The number of hydrogen-bond acceptors (Lipinski definition) is 4. The van der Waals surface area contributed by atoms with Crippen LogP contribution in [0.3, 0.4) is 0 Å². The van der Waals surface area contributed by atoms with Crippen molar-refractivity contribution in [1.29, 1.82) is 0 Å². The first-order chi connectivity index (χ1) is 15.7. The Morgan fingerprint density at radius 3 is 2.34 bits per heavy atom. The summed E-state index contributed by atoms with van der Waals surface area (Å²) in [5, 5.41) is 0.875. The number of aromatic nitrogens is 1. The molecular weight excluding hydrogens is 402 g/mol. The van der Waals surface area contributed by atoms with Crippen molar-refractivity contribution >= 4 is 10.9 Å². The molecule has 5 nitrogen and oxygen atoms in total. The van der Waals surface area contributed by atoms with Crippen molar-refractivity contribution in [3.8, 4) is 17.2 Å². The summed E-state index contributed by atoms with van der Waals surface area (Å²) in [6.07, 6.45) is 6.28. The van der Waals surface area contributed by atoms with Gasteiger partial charge in [0.15, 0.2) is 5.75 Å². The lowest BCUT2D eigenvalue weighted by atomic mass is 10.1. The number of aryl methyl sites for hydroxylation is 1. The number of ether oxygens (including phenoxy) is 3. The van der Waals surface area contributed by atoms with Gasteiger partial charge < -0.3 is 18.8 Å². The van der Waals surface area contributed by atoms with Gasteiger partial charge in [-0.05, 0) is 30.5 Å². The van der Waals surface area contributed by atoms with Crippen LogP contribution in [0.5, 0.6) is 17.2 Å². The number of hydrogen-bond donors (Lipinski definition) is 0. The van der Waals surface area contributed by atoms with Crippen LogP contribution in [0, 0.1) is 0 Å². The highest BCUT2D eigenvalue weighted by atomic mass is 16.5. The summed E-state index contributed by atoms with van der Waals surface area (Å²) in [5.41, 5.74) is 1.77. The summed E-state index contributed by atoms with van der Waals surface area (Å²) in [6.45, 7) is 5.97. The van der Waals surface area contributed by atoms with E-state index in [1.54, 1.807) is 0 Å². The fraction of sp³-hybridized carbons (Fsp3) is 0.444. The topological polar surface area (TPSA) is 49.7 Å². The second-order valence-corrected chi connectivity index (χ2v) is 8.04. The average molecular weight is 438 g/mol. The van der Waals surface area contributed by atoms with Gasteiger partial charge in [-0.25, -0.2) is 0 Å². The molecule has 0 spiro atoms. The van der Waals surface area contributed by atoms with Crippen LogP contribution in [-0.4, -0.2) is 18.3 Å². The van der Waals surface area contributed by atoms with Crippen molar-refractivity contribution in [3.05, 3.63) is 64.4 Å². The quantitative estimate of drug-likeness (QED) is 0.292. The molecule has 5 heteroatoms. The van der Waals surface area contributed by atoms with Crippen LogP contribution in [0.25, 0.3) is 10.9 Å². The van der Waals surface area contributed by atoms with E-state index in [2.05, 4.69) is 13.8 Å². The minimum Gasteiger partial charge on any atom is -0.489 e. The van der Waals surface area contributed by atoms with Crippen molar-refractivity contribution in [2.75, 3.05) is 13.7 Å². The molecule has 1 aromatic heterocycles. The SMILES string of the molecule is CCCCCCn1c(=O)c(OC)c(OCCCC)c2ccc(OCc3ccccc3)cc21. The Morgan fingerprint density at radius 1 is 0.844 bits per heavy atom. The largest absolute Gasteiger partial charge is 0.489 e. The van der Waals surface area contributed by atoms with Gasteiger partial charge in [0.2, 0.25) is 5.75 Å². The second-order valence-electron chi connectivity index (χ2n) is 8.04. The second kappa shape index (κ2) is 12.2. The van der Waals surface area contributed by atoms with Gasteiger partial charge in [0.25, 0.3) is 5.56 Å². The van der Waals surface area contributed by atoms with E-state index in [1.165, 1.54) is 7.11 Å².